The third-order valence-electron chi connectivity index (χ3n) is 5.99. The largest absolute Gasteiger partial charge is 0.490 e. The summed E-state index contributed by atoms with van der Waals surface area (Å²) in [5.74, 6) is 0.876. The van der Waals surface area contributed by atoms with Crippen molar-refractivity contribution in [2.45, 2.75) is 70.9 Å². The van der Waals surface area contributed by atoms with Gasteiger partial charge in [0.2, 0.25) is 0 Å². The van der Waals surface area contributed by atoms with Gasteiger partial charge >= 0.3 is 0 Å². The predicted octanol–water partition coefficient (Wildman–Crippen LogP) is 3.78. The lowest BCUT2D eigenvalue weighted by Gasteiger charge is -2.35. The van der Waals surface area contributed by atoms with E-state index in [0.29, 0.717) is 25.8 Å². The summed E-state index contributed by atoms with van der Waals surface area (Å²) < 4.78 is 11.9. The van der Waals surface area contributed by atoms with Crippen LogP contribution < -0.4 is 4.74 Å². The van der Waals surface area contributed by atoms with Crippen molar-refractivity contribution in [2.24, 2.45) is 0 Å². The van der Waals surface area contributed by atoms with E-state index in [9.17, 15) is 5.11 Å². The maximum absolute atomic E-state index is 11.2. The standard InChI is InChI=1S/C22H35NO3/c1-17-12-18(2)19(3)21(13-17)26-16-22(24)14-23(10-11-25-15-22)20-8-6-4-5-7-9-20/h12-13,20,24H,4-11,14-16H2,1-3H3/t22-/m1/s1. The van der Waals surface area contributed by atoms with Gasteiger partial charge in [-0.25, -0.2) is 0 Å². The van der Waals surface area contributed by atoms with Crippen molar-refractivity contribution in [1.82, 2.24) is 4.90 Å². The number of aliphatic hydroxyl groups is 1. The number of nitrogens with zero attached hydrogens (tertiary/aromatic N) is 1. The topological polar surface area (TPSA) is 41.9 Å². The van der Waals surface area contributed by atoms with Gasteiger partial charge in [-0.15, -0.1) is 0 Å². The van der Waals surface area contributed by atoms with E-state index >= 15 is 0 Å². The first-order chi connectivity index (χ1) is 12.5. The summed E-state index contributed by atoms with van der Waals surface area (Å²) >= 11 is 0. The van der Waals surface area contributed by atoms with E-state index < -0.39 is 5.60 Å². The lowest BCUT2D eigenvalue weighted by Crippen LogP contribution is -2.51. The molecule has 2 fully saturated rings. The predicted molar refractivity (Wildman–Crippen MR) is 105 cm³/mol. The van der Waals surface area contributed by atoms with E-state index in [0.717, 1.165) is 17.9 Å². The molecule has 0 aromatic heterocycles. The molecule has 0 radical (unpaired) electrons. The first-order valence-corrected chi connectivity index (χ1v) is 10.2. The zero-order valence-electron chi connectivity index (χ0n) is 16.7. The Hall–Kier alpha value is -1.10. The highest BCUT2D eigenvalue weighted by atomic mass is 16.5. The first kappa shape index (κ1) is 19.7. The normalized spacial score (nSPS) is 26.3. The molecule has 1 aromatic carbocycles. The summed E-state index contributed by atoms with van der Waals surface area (Å²) in [5, 5.41) is 11.2. The van der Waals surface area contributed by atoms with Gasteiger partial charge in [-0.3, -0.25) is 4.90 Å². The van der Waals surface area contributed by atoms with E-state index in [2.05, 4.69) is 37.8 Å². The molecule has 1 N–H and O–H groups in total. The van der Waals surface area contributed by atoms with E-state index in [4.69, 9.17) is 9.47 Å². The van der Waals surface area contributed by atoms with Gasteiger partial charge in [-0.05, 0) is 56.4 Å². The van der Waals surface area contributed by atoms with E-state index in [1.807, 2.05) is 0 Å². The molecule has 0 amide bonds. The Morgan fingerprint density at radius 1 is 1.15 bits per heavy atom. The molecule has 1 aromatic rings. The zero-order chi connectivity index (χ0) is 18.6. The van der Waals surface area contributed by atoms with Gasteiger partial charge in [-0.1, -0.05) is 31.7 Å². The Morgan fingerprint density at radius 2 is 1.88 bits per heavy atom. The van der Waals surface area contributed by atoms with Crippen molar-refractivity contribution in [2.75, 3.05) is 32.9 Å². The Balaban J connectivity index is 1.67. The Morgan fingerprint density at radius 3 is 2.62 bits per heavy atom. The van der Waals surface area contributed by atoms with Crippen LogP contribution in [0.1, 0.15) is 55.2 Å². The molecule has 1 aliphatic heterocycles. The number of rotatable bonds is 4. The molecule has 0 bridgehead atoms. The van der Waals surface area contributed by atoms with Crippen molar-refractivity contribution in [3.05, 3.63) is 28.8 Å². The number of hydrogen-bond donors (Lipinski definition) is 1. The average molecular weight is 362 g/mol. The van der Waals surface area contributed by atoms with Gasteiger partial charge in [0.25, 0.3) is 0 Å². The summed E-state index contributed by atoms with van der Waals surface area (Å²) in [4.78, 5) is 2.45. The third-order valence-corrected chi connectivity index (χ3v) is 5.99. The number of aryl methyl sites for hydroxylation is 2. The molecule has 146 valence electrons. The molecular weight excluding hydrogens is 326 g/mol. The molecule has 4 heteroatoms. The van der Waals surface area contributed by atoms with Gasteiger partial charge in [0.15, 0.2) is 0 Å². The third kappa shape index (κ3) is 4.99. The molecule has 1 saturated heterocycles. The van der Waals surface area contributed by atoms with Crippen molar-refractivity contribution in [3.63, 3.8) is 0 Å². The van der Waals surface area contributed by atoms with E-state index in [1.54, 1.807) is 0 Å². The van der Waals surface area contributed by atoms with Crippen LogP contribution in [0, 0.1) is 20.8 Å². The Labute approximate surface area is 158 Å². The fraction of sp³-hybridized carbons (Fsp3) is 0.727. The minimum absolute atomic E-state index is 0.278. The van der Waals surface area contributed by atoms with Crippen LogP contribution in [0.3, 0.4) is 0 Å². The van der Waals surface area contributed by atoms with Crippen molar-refractivity contribution in [1.29, 1.82) is 0 Å². The zero-order valence-corrected chi connectivity index (χ0v) is 16.7. The summed E-state index contributed by atoms with van der Waals surface area (Å²) in [7, 11) is 0. The Kier molecular flexibility index (Phi) is 6.60. The minimum atomic E-state index is -0.951. The Bertz CT molecular complexity index is 595. The highest BCUT2D eigenvalue weighted by molar-refractivity contribution is 5.42. The average Bonchev–Trinajstić information content (AvgIpc) is 2.98. The molecule has 26 heavy (non-hydrogen) atoms. The van der Waals surface area contributed by atoms with Crippen molar-refractivity contribution in [3.8, 4) is 5.75 Å². The van der Waals surface area contributed by atoms with E-state index in [1.165, 1.54) is 49.7 Å². The van der Waals surface area contributed by atoms with E-state index in [-0.39, 0.29) is 6.61 Å². The monoisotopic (exact) mass is 361 g/mol. The maximum atomic E-state index is 11.2. The highest BCUT2D eigenvalue weighted by Crippen LogP contribution is 2.27. The second kappa shape index (κ2) is 8.73. The molecule has 4 nitrogen and oxygen atoms in total. The minimum Gasteiger partial charge on any atom is -0.490 e. The maximum Gasteiger partial charge on any atom is 0.134 e. The summed E-state index contributed by atoms with van der Waals surface area (Å²) in [5.41, 5.74) is 2.61. The summed E-state index contributed by atoms with van der Waals surface area (Å²) in [6, 6.07) is 4.81. The van der Waals surface area contributed by atoms with Crippen LogP contribution >= 0.6 is 0 Å². The van der Waals surface area contributed by atoms with Crippen molar-refractivity contribution >= 4 is 0 Å². The highest BCUT2D eigenvalue weighted by Gasteiger charge is 2.36. The van der Waals surface area contributed by atoms with Gasteiger partial charge < -0.3 is 14.6 Å². The molecular formula is C22H35NO3. The number of β-amino-alcohol motifs (C(OH)–C–C–N with tert-alkyl or cyclic N) is 1. The van der Waals surface area contributed by atoms with Crippen LogP contribution in [0.4, 0.5) is 0 Å². The first-order valence-electron chi connectivity index (χ1n) is 10.2. The number of benzene rings is 1. The van der Waals surface area contributed by atoms with Gasteiger partial charge in [-0.2, -0.15) is 0 Å². The lowest BCUT2D eigenvalue weighted by atomic mass is 10.0. The fourth-order valence-corrected chi connectivity index (χ4v) is 4.33. The number of hydrogen-bond acceptors (Lipinski definition) is 4. The van der Waals surface area contributed by atoms with Gasteiger partial charge in [0.05, 0.1) is 13.2 Å². The molecule has 1 heterocycles. The summed E-state index contributed by atoms with van der Waals surface area (Å²) in [6.45, 7) is 9.14. The van der Waals surface area contributed by atoms with Crippen LogP contribution in [0.2, 0.25) is 0 Å². The molecule has 0 unspecified atom stereocenters. The molecule has 1 aliphatic carbocycles. The fourth-order valence-electron chi connectivity index (χ4n) is 4.33. The van der Waals surface area contributed by atoms with Crippen LogP contribution in [0.25, 0.3) is 0 Å². The summed E-state index contributed by atoms with van der Waals surface area (Å²) in [6.07, 6.45) is 7.79. The number of ether oxygens (including phenoxy) is 2. The van der Waals surface area contributed by atoms with Crippen LogP contribution in [0.15, 0.2) is 12.1 Å². The molecule has 2 aliphatic rings. The van der Waals surface area contributed by atoms with Crippen LogP contribution in [-0.2, 0) is 4.74 Å². The van der Waals surface area contributed by atoms with Gasteiger partial charge in [0.1, 0.15) is 18.0 Å². The molecule has 0 spiro atoms. The smallest absolute Gasteiger partial charge is 0.134 e. The second-order valence-corrected chi connectivity index (χ2v) is 8.39. The molecule has 3 rings (SSSR count). The van der Waals surface area contributed by atoms with Crippen LogP contribution in [0.5, 0.6) is 5.75 Å². The molecule has 1 atom stereocenters. The SMILES string of the molecule is Cc1cc(C)c(C)c(OC[C@]2(O)COCCN(C3CCCCCC3)C2)c1. The molecule has 1 saturated carbocycles. The second-order valence-electron chi connectivity index (χ2n) is 8.39. The van der Waals surface area contributed by atoms with Crippen molar-refractivity contribution < 1.29 is 14.6 Å². The van der Waals surface area contributed by atoms with Gasteiger partial charge in [0, 0.05) is 19.1 Å². The van der Waals surface area contributed by atoms with Crippen LogP contribution in [-0.4, -0.2) is 54.6 Å². The lowest BCUT2D eigenvalue weighted by molar-refractivity contribution is -0.0676. The quantitative estimate of drug-likeness (QED) is 0.829.